The first-order valence-electron chi connectivity index (χ1n) is 5.83. The first-order chi connectivity index (χ1) is 8.27. The highest BCUT2D eigenvalue weighted by molar-refractivity contribution is 5.44. The van der Waals surface area contributed by atoms with Crippen LogP contribution < -0.4 is 5.32 Å². The second-order valence-corrected chi connectivity index (χ2v) is 4.48. The van der Waals surface area contributed by atoms with Gasteiger partial charge in [-0.05, 0) is 29.7 Å². The summed E-state index contributed by atoms with van der Waals surface area (Å²) in [7, 11) is 0. The number of halogens is 1. The van der Waals surface area contributed by atoms with E-state index in [2.05, 4.69) is 24.4 Å². The Labute approximate surface area is 100 Å². The molecule has 3 rings (SSSR count). The highest BCUT2D eigenvalue weighted by atomic mass is 19.1. The van der Waals surface area contributed by atoms with Crippen LogP contribution in [-0.2, 0) is 6.54 Å². The molecule has 0 fully saturated rings. The topological polar surface area (TPSA) is 12.0 Å². The van der Waals surface area contributed by atoms with Crippen molar-refractivity contribution >= 4 is 0 Å². The molecule has 0 amide bonds. The molecule has 0 aliphatic carbocycles. The van der Waals surface area contributed by atoms with Gasteiger partial charge in [-0.25, -0.2) is 4.39 Å². The number of hydrogen-bond acceptors (Lipinski definition) is 1. The third kappa shape index (κ3) is 1.65. The number of benzene rings is 2. The maximum Gasteiger partial charge on any atom is 0.128 e. The minimum absolute atomic E-state index is 0.00704. The highest BCUT2D eigenvalue weighted by Gasteiger charge is 2.27. The van der Waals surface area contributed by atoms with E-state index < -0.39 is 0 Å². The van der Waals surface area contributed by atoms with E-state index in [1.54, 1.807) is 6.07 Å². The van der Waals surface area contributed by atoms with Crippen molar-refractivity contribution < 1.29 is 4.39 Å². The molecule has 1 atom stereocenters. The minimum Gasteiger partial charge on any atom is -0.302 e. The van der Waals surface area contributed by atoms with Crippen molar-refractivity contribution in [2.75, 3.05) is 0 Å². The van der Waals surface area contributed by atoms with Crippen LogP contribution in [0.15, 0.2) is 42.5 Å². The Kier molecular flexibility index (Phi) is 2.45. The van der Waals surface area contributed by atoms with Gasteiger partial charge in [0.05, 0.1) is 6.04 Å². The molecule has 2 heteroatoms. The maximum atomic E-state index is 13.9. The van der Waals surface area contributed by atoms with Gasteiger partial charge in [-0.15, -0.1) is 0 Å². The van der Waals surface area contributed by atoms with Crippen LogP contribution in [0.3, 0.4) is 0 Å². The second-order valence-electron chi connectivity index (χ2n) is 4.48. The van der Waals surface area contributed by atoms with Gasteiger partial charge in [0.1, 0.15) is 5.82 Å². The SMILES string of the molecule is Cc1ccccc1C1NCc2cccc(F)c21. The standard InChI is InChI=1S/C15H14FN/c1-10-5-2-3-7-12(10)15-14-11(9-17-15)6-4-8-13(14)16/h2-8,15,17H,9H2,1H3. The minimum atomic E-state index is -0.110. The molecule has 17 heavy (non-hydrogen) atoms. The summed E-state index contributed by atoms with van der Waals surface area (Å²) in [6, 6.07) is 13.4. The molecule has 1 nitrogen and oxygen atoms in total. The molecule has 2 aromatic carbocycles. The number of hydrogen-bond donors (Lipinski definition) is 1. The van der Waals surface area contributed by atoms with Gasteiger partial charge in [-0.2, -0.15) is 0 Å². The fourth-order valence-corrected chi connectivity index (χ4v) is 2.55. The van der Waals surface area contributed by atoms with Crippen molar-refractivity contribution in [3.05, 3.63) is 70.5 Å². The lowest BCUT2D eigenvalue weighted by Crippen LogP contribution is -2.15. The smallest absolute Gasteiger partial charge is 0.128 e. The first-order valence-corrected chi connectivity index (χ1v) is 5.83. The van der Waals surface area contributed by atoms with Crippen LogP contribution in [0.1, 0.15) is 28.3 Å². The molecule has 1 aliphatic heterocycles. The average molecular weight is 227 g/mol. The predicted octanol–water partition coefficient (Wildman–Crippen LogP) is 3.33. The molecule has 1 unspecified atom stereocenters. The summed E-state index contributed by atoms with van der Waals surface area (Å²) < 4.78 is 13.9. The molecule has 1 aliphatic rings. The van der Waals surface area contributed by atoms with Crippen LogP contribution in [0.4, 0.5) is 4.39 Å². The van der Waals surface area contributed by atoms with Gasteiger partial charge in [0.2, 0.25) is 0 Å². The normalized spacial score (nSPS) is 18.1. The zero-order chi connectivity index (χ0) is 11.8. The summed E-state index contributed by atoms with van der Waals surface area (Å²) in [6.07, 6.45) is 0. The fraction of sp³-hybridized carbons (Fsp3) is 0.200. The summed E-state index contributed by atoms with van der Waals surface area (Å²) in [6.45, 7) is 2.81. The molecule has 86 valence electrons. The molecule has 0 spiro atoms. The Morgan fingerprint density at radius 3 is 2.76 bits per heavy atom. The van der Waals surface area contributed by atoms with E-state index in [0.717, 1.165) is 23.2 Å². The van der Waals surface area contributed by atoms with Gasteiger partial charge in [-0.1, -0.05) is 36.4 Å². The largest absolute Gasteiger partial charge is 0.302 e. The lowest BCUT2D eigenvalue weighted by molar-refractivity contribution is 0.585. The lowest BCUT2D eigenvalue weighted by atomic mass is 9.95. The summed E-state index contributed by atoms with van der Waals surface area (Å²) in [5.41, 5.74) is 4.23. The molecule has 1 N–H and O–H groups in total. The molecule has 0 bridgehead atoms. The van der Waals surface area contributed by atoms with Crippen LogP contribution in [0.2, 0.25) is 0 Å². The van der Waals surface area contributed by atoms with Crippen LogP contribution >= 0.6 is 0 Å². The Bertz CT molecular complexity index is 563. The van der Waals surface area contributed by atoms with Gasteiger partial charge < -0.3 is 5.32 Å². The molecular formula is C15H14FN. The molecule has 2 aromatic rings. The number of fused-ring (bicyclic) bond motifs is 1. The molecule has 0 radical (unpaired) electrons. The van der Waals surface area contributed by atoms with Crippen LogP contribution in [0.25, 0.3) is 0 Å². The molecule has 0 aromatic heterocycles. The number of aryl methyl sites for hydroxylation is 1. The van der Waals surface area contributed by atoms with E-state index in [-0.39, 0.29) is 11.9 Å². The van der Waals surface area contributed by atoms with Gasteiger partial charge in [0.15, 0.2) is 0 Å². The van der Waals surface area contributed by atoms with Gasteiger partial charge in [0, 0.05) is 12.1 Å². The predicted molar refractivity (Wildman–Crippen MR) is 66.3 cm³/mol. The van der Waals surface area contributed by atoms with Crippen molar-refractivity contribution in [1.29, 1.82) is 0 Å². The van der Waals surface area contributed by atoms with E-state index in [4.69, 9.17) is 0 Å². The van der Waals surface area contributed by atoms with Gasteiger partial charge in [-0.3, -0.25) is 0 Å². The van der Waals surface area contributed by atoms with Gasteiger partial charge in [0.25, 0.3) is 0 Å². The van der Waals surface area contributed by atoms with Crippen LogP contribution in [-0.4, -0.2) is 0 Å². The third-order valence-electron chi connectivity index (χ3n) is 3.43. The summed E-state index contributed by atoms with van der Waals surface area (Å²) in [5, 5.41) is 3.38. The zero-order valence-corrected chi connectivity index (χ0v) is 9.70. The van der Waals surface area contributed by atoms with E-state index >= 15 is 0 Å². The third-order valence-corrected chi connectivity index (χ3v) is 3.43. The summed E-state index contributed by atoms with van der Waals surface area (Å²) in [4.78, 5) is 0. The Morgan fingerprint density at radius 1 is 1.12 bits per heavy atom. The Hall–Kier alpha value is -1.67. The van der Waals surface area contributed by atoms with E-state index in [0.29, 0.717) is 0 Å². The average Bonchev–Trinajstić information content (AvgIpc) is 2.75. The Balaban J connectivity index is 2.13. The quantitative estimate of drug-likeness (QED) is 0.788. The molecular weight excluding hydrogens is 213 g/mol. The fourth-order valence-electron chi connectivity index (χ4n) is 2.55. The van der Waals surface area contributed by atoms with Crippen molar-refractivity contribution in [3.8, 4) is 0 Å². The van der Waals surface area contributed by atoms with Gasteiger partial charge >= 0.3 is 0 Å². The van der Waals surface area contributed by atoms with Crippen LogP contribution in [0, 0.1) is 12.7 Å². The lowest BCUT2D eigenvalue weighted by Gasteiger charge is -2.15. The molecule has 0 saturated heterocycles. The maximum absolute atomic E-state index is 13.9. The number of nitrogens with one attached hydrogen (secondary N) is 1. The first kappa shape index (κ1) is 10.5. The second kappa shape index (κ2) is 3.97. The van der Waals surface area contributed by atoms with Crippen molar-refractivity contribution in [3.63, 3.8) is 0 Å². The zero-order valence-electron chi connectivity index (χ0n) is 9.70. The Morgan fingerprint density at radius 2 is 1.94 bits per heavy atom. The van der Waals surface area contributed by atoms with Crippen molar-refractivity contribution in [2.45, 2.75) is 19.5 Å². The van der Waals surface area contributed by atoms with Crippen molar-refractivity contribution in [2.24, 2.45) is 0 Å². The van der Waals surface area contributed by atoms with E-state index in [1.165, 1.54) is 11.6 Å². The van der Waals surface area contributed by atoms with E-state index in [9.17, 15) is 4.39 Å². The summed E-state index contributed by atoms with van der Waals surface area (Å²) in [5.74, 6) is -0.110. The monoisotopic (exact) mass is 227 g/mol. The molecule has 1 heterocycles. The molecule has 0 saturated carbocycles. The van der Waals surface area contributed by atoms with E-state index in [1.807, 2.05) is 18.2 Å². The highest BCUT2D eigenvalue weighted by Crippen LogP contribution is 2.33. The van der Waals surface area contributed by atoms with Crippen LogP contribution in [0.5, 0.6) is 0 Å². The van der Waals surface area contributed by atoms with Crippen molar-refractivity contribution in [1.82, 2.24) is 5.32 Å². The summed E-state index contributed by atoms with van der Waals surface area (Å²) >= 11 is 0. The number of rotatable bonds is 1.